The molecule has 2 aliphatic rings. The molecular formula is C29H42N2O2S6. The van der Waals surface area contributed by atoms with E-state index in [2.05, 4.69) is 49.0 Å². The number of aromatic nitrogens is 2. The molecule has 4 nitrogen and oxygen atoms in total. The summed E-state index contributed by atoms with van der Waals surface area (Å²) in [6.07, 6.45) is 7.03. The zero-order chi connectivity index (χ0) is 28.2. The molecule has 2 aliphatic heterocycles. The Labute approximate surface area is 264 Å². The van der Waals surface area contributed by atoms with E-state index in [-0.39, 0.29) is 11.1 Å². The Morgan fingerprint density at radius 1 is 0.718 bits per heavy atom. The van der Waals surface area contributed by atoms with Crippen LogP contribution in [0, 0.1) is 9.28 Å². The second kappa shape index (κ2) is 14.0. The van der Waals surface area contributed by atoms with Crippen molar-refractivity contribution in [2.24, 2.45) is 0 Å². The van der Waals surface area contributed by atoms with Gasteiger partial charge in [0.05, 0.1) is 10.1 Å². The number of rotatable bonds is 14. The van der Waals surface area contributed by atoms with Crippen LogP contribution in [0.15, 0.2) is 32.0 Å². The second-order valence-electron chi connectivity index (χ2n) is 11.6. The molecule has 0 saturated carbocycles. The molecule has 39 heavy (non-hydrogen) atoms. The Bertz CT molecular complexity index is 1190. The molecule has 2 aromatic rings. The molecule has 0 fully saturated rings. The molecule has 0 spiro atoms. The van der Waals surface area contributed by atoms with Gasteiger partial charge >= 0.3 is 0 Å². The van der Waals surface area contributed by atoms with Gasteiger partial charge in [-0.3, -0.25) is 0 Å². The van der Waals surface area contributed by atoms with Crippen LogP contribution in [0.3, 0.4) is 0 Å². The van der Waals surface area contributed by atoms with Crippen LogP contribution in [0.2, 0.25) is 0 Å². The fourth-order valence-corrected chi connectivity index (χ4v) is 10.3. The zero-order valence-electron chi connectivity index (χ0n) is 23.6. The van der Waals surface area contributed by atoms with E-state index < -0.39 is 0 Å². The molecular weight excluding hydrogens is 601 g/mol. The van der Waals surface area contributed by atoms with Crippen LogP contribution in [0.4, 0.5) is 0 Å². The van der Waals surface area contributed by atoms with Crippen LogP contribution >= 0.6 is 73.2 Å². The van der Waals surface area contributed by atoms with Crippen LogP contribution in [-0.2, 0) is 33.4 Å². The number of thiol groups is 2. The predicted octanol–water partition coefficient (Wildman–Crippen LogP) is 8.78. The van der Waals surface area contributed by atoms with Crippen molar-refractivity contribution in [2.75, 3.05) is 37.9 Å². The molecule has 0 atom stereocenters. The van der Waals surface area contributed by atoms with Crippen LogP contribution in [0.1, 0.15) is 70.9 Å². The smallest absolute Gasteiger partial charge is 0.108 e. The maximum atomic E-state index is 5.92. The van der Waals surface area contributed by atoms with Gasteiger partial charge in [0.25, 0.3) is 0 Å². The zero-order valence-corrected chi connectivity index (χ0v) is 28.6. The predicted molar refractivity (Wildman–Crippen MR) is 177 cm³/mol. The average molecular weight is 643 g/mol. The van der Waals surface area contributed by atoms with Gasteiger partial charge in [0.1, 0.15) is 9.28 Å². The SMILES string of the molecule is CC(C)(CCCOCCCOCCCC(C)(C)n1c(S)c2c(cc1=S)SCC2)n1c(S)c2c(cc1=S)SCC2. The topological polar surface area (TPSA) is 28.3 Å². The number of nitrogens with zero attached hydrogens (tertiary/aromatic N) is 2. The van der Waals surface area contributed by atoms with Crippen LogP contribution in [-0.4, -0.2) is 47.1 Å². The van der Waals surface area contributed by atoms with Crippen molar-refractivity contribution in [3.8, 4) is 0 Å². The van der Waals surface area contributed by atoms with Crippen LogP contribution in [0.5, 0.6) is 0 Å². The summed E-state index contributed by atoms with van der Waals surface area (Å²) in [7, 11) is 0. The maximum Gasteiger partial charge on any atom is 0.108 e. The highest BCUT2D eigenvalue weighted by molar-refractivity contribution is 8.00. The Morgan fingerprint density at radius 3 is 1.51 bits per heavy atom. The highest BCUT2D eigenvalue weighted by atomic mass is 32.2. The van der Waals surface area contributed by atoms with E-state index in [1.54, 1.807) is 0 Å². The van der Waals surface area contributed by atoms with Crippen molar-refractivity contribution in [1.82, 2.24) is 9.13 Å². The minimum atomic E-state index is -0.0898. The van der Waals surface area contributed by atoms with Crippen molar-refractivity contribution in [1.29, 1.82) is 0 Å². The summed E-state index contributed by atoms with van der Waals surface area (Å²) < 4.78 is 18.1. The number of ether oxygens (including phenoxy) is 2. The molecule has 4 rings (SSSR count). The van der Waals surface area contributed by atoms with Gasteiger partial charge in [-0.2, -0.15) is 0 Å². The second-order valence-corrected chi connectivity index (χ2v) is 15.5. The van der Waals surface area contributed by atoms with Crippen molar-refractivity contribution in [3.63, 3.8) is 0 Å². The molecule has 2 aromatic heterocycles. The minimum Gasteiger partial charge on any atom is -0.381 e. The molecule has 216 valence electrons. The molecule has 4 heterocycles. The standard InChI is InChI=1S/C29H42N2O2S6/c1-28(2,30-24(34)18-22-20(26(30)36)8-16-38-22)10-5-12-32-14-7-15-33-13-6-11-29(3,4)31-25(35)19-23-21(27(31)37)9-17-39-23/h18-19,36-37H,5-17H2,1-4H3. The quantitative estimate of drug-likeness (QED) is 0.122. The number of hydrogen-bond donors (Lipinski definition) is 2. The lowest BCUT2D eigenvalue weighted by atomic mass is 9.97. The van der Waals surface area contributed by atoms with E-state index in [1.165, 1.54) is 20.9 Å². The van der Waals surface area contributed by atoms with Gasteiger partial charge in [-0.05, 0) is 95.9 Å². The van der Waals surface area contributed by atoms with E-state index in [0.717, 1.165) is 102 Å². The van der Waals surface area contributed by atoms with Crippen molar-refractivity contribution < 1.29 is 9.47 Å². The van der Waals surface area contributed by atoms with E-state index >= 15 is 0 Å². The Hall–Kier alpha value is 0.0600. The monoisotopic (exact) mass is 642 g/mol. The highest BCUT2D eigenvalue weighted by Crippen LogP contribution is 2.39. The van der Waals surface area contributed by atoms with Gasteiger partial charge in [0, 0.05) is 58.8 Å². The summed E-state index contributed by atoms with van der Waals surface area (Å²) in [6, 6.07) is 4.31. The van der Waals surface area contributed by atoms with E-state index in [4.69, 9.17) is 59.2 Å². The summed E-state index contributed by atoms with van der Waals surface area (Å²) in [5.74, 6) is 2.25. The molecule has 0 aliphatic carbocycles. The van der Waals surface area contributed by atoms with Gasteiger partial charge < -0.3 is 18.6 Å². The fraction of sp³-hybridized carbons (Fsp3) is 0.655. The van der Waals surface area contributed by atoms with Crippen LogP contribution < -0.4 is 0 Å². The van der Waals surface area contributed by atoms with E-state index in [9.17, 15) is 0 Å². The third kappa shape index (κ3) is 7.72. The Morgan fingerprint density at radius 2 is 1.10 bits per heavy atom. The van der Waals surface area contributed by atoms with Gasteiger partial charge in [0.2, 0.25) is 0 Å². The van der Waals surface area contributed by atoms with E-state index in [1.807, 2.05) is 23.5 Å². The van der Waals surface area contributed by atoms with Crippen molar-refractivity contribution >= 4 is 73.2 Å². The summed E-state index contributed by atoms with van der Waals surface area (Å²) in [5.41, 5.74) is 2.52. The molecule has 0 amide bonds. The first-order valence-electron chi connectivity index (χ1n) is 13.9. The van der Waals surface area contributed by atoms with Crippen LogP contribution in [0.25, 0.3) is 0 Å². The molecule has 0 bridgehead atoms. The number of hydrogen-bond acceptors (Lipinski definition) is 8. The molecule has 0 radical (unpaired) electrons. The summed E-state index contributed by atoms with van der Waals surface area (Å²) in [6.45, 7) is 12.0. The van der Waals surface area contributed by atoms with E-state index in [0.29, 0.717) is 0 Å². The number of pyridine rings is 2. The third-order valence-electron chi connectivity index (χ3n) is 7.67. The first-order valence-corrected chi connectivity index (χ1v) is 17.6. The third-order valence-corrected chi connectivity index (χ3v) is 11.4. The lowest BCUT2D eigenvalue weighted by Gasteiger charge is -2.31. The largest absolute Gasteiger partial charge is 0.381 e. The molecule has 0 unspecified atom stereocenters. The Kier molecular flexibility index (Phi) is 11.5. The van der Waals surface area contributed by atoms with Gasteiger partial charge in [0.15, 0.2) is 0 Å². The summed E-state index contributed by atoms with van der Waals surface area (Å²) in [4.78, 5) is 2.61. The molecule has 0 saturated heterocycles. The Balaban J connectivity index is 1.11. The lowest BCUT2D eigenvalue weighted by molar-refractivity contribution is 0.0735. The molecule has 0 N–H and O–H groups in total. The normalized spacial score (nSPS) is 15.1. The fourth-order valence-electron chi connectivity index (χ4n) is 5.55. The minimum absolute atomic E-state index is 0.0898. The van der Waals surface area contributed by atoms with Gasteiger partial charge in [-0.25, -0.2) is 0 Å². The number of thioether (sulfide) groups is 2. The molecule has 10 heteroatoms. The average Bonchev–Trinajstić information content (AvgIpc) is 3.52. The first kappa shape index (κ1) is 32.0. The van der Waals surface area contributed by atoms with Gasteiger partial charge in [-0.15, -0.1) is 48.8 Å². The summed E-state index contributed by atoms with van der Waals surface area (Å²) in [5, 5.41) is 2.07. The van der Waals surface area contributed by atoms with Crippen molar-refractivity contribution in [3.05, 3.63) is 32.5 Å². The summed E-state index contributed by atoms with van der Waals surface area (Å²) >= 11 is 25.0. The number of fused-ring (bicyclic) bond motifs is 2. The molecule has 0 aromatic carbocycles. The van der Waals surface area contributed by atoms with Crippen molar-refractivity contribution in [2.45, 2.75) is 104 Å². The maximum absolute atomic E-state index is 5.92. The highest BCUT2D eigenvalue weighted by Gasteiger charge is 2.27. The van der Waals surface area contributed by atoms with Gasteiger partial charge in [-0.1, -0.05) is 24.4 Å². The first-order chi connectivity index (χ1) is 18.5. The lowest BCUT2D eigenvalue weighted by Crippen LogP contribution is -2.29.